The molecule has 0 atom stereocenters. The zero-order valence-corrected chi connectivity index (χ0v) is 47.8. The highest BCUT2D eigenvalue weighted by Gasteiger charge is 2.22. The van der Waals surface area contributed by atoms with Crippen molar-refractivity contribution in [1.82, 2.24) is 0 Å². The van der Waals surface area contributed by atoms with Crippen molar-refractivity contribution in [3.05, 3.63) is 241 Å². The topological polar surface area (TPSA) is 43.4 Å². The van der Waals surface area contributed by atoms with Crippen molar-refractivity contribution in [2.24, 2.45) is 0 Å². The molecule has 0 fully saturated rings. The Hall–Kier alpha value is -9.00. The first-order chi connectivity index (χ1) is 40.3. The smallest absolute Gasteiger partial charge is 0.119 e. The molecule has 0 aliphatic rings. The first-order valence-electron chi connectivity index (χ1n) is 29.6. The van der Waals surface area contributed by atoms with Crippen molar-refractivity contribution in [2.45, 2.75) is 79.1 Å². The quantitative estimate of drug-likeness (QED) is 0.0444. The highest BCUT2D eigenvalue weighted by molar-refractivity contribution is 6.28. The van der Waals surface area contributed by atoms with Gasteiger partial charge >= 0.3 is 0 Å². The van der Waals surface area contributed by atoms with Crippen LogP contribution in [-0.2, 0) is 12.8 Å². The zero-order valence-electron chi connectivity index (χ0n) is 47.8. The maximum Gasteiger partial charge on any atom is 0.119 e. The number of ether oxygens (including phenoxy) is 4. The Morgan fingerprint density at radius 3 is 1.01 bits per heavy atom. The van der Waals surface area contributed by atoms with E-state index in [0.717, 1.165) is 122 Å². The van der Waals surface area contributed by atoms with Crippen molar-refractivity contribution >= 4 is 88.0 Å². The number of rotatable bonds is 24. The van der Waals surface area contributed by atoms with E-state index in [4.69, 9.17) is 18.9 Å². The normalized spacial score (nSPS) is 11.5. The molecule has 410 valence electrons. The number of aryl methyl sites for hydroxylation is 4. The number of anilines is 6. The molecule has 0 radical (unpaired) electrons. The summed E-state index contributed by atoms with van der Waals surface area (Å²) >= 11 is 0. The number of unbranched alkanes of at least 4 members (excludes halogenated alkanes) is 2. The molecular formula is C76H72N2O4. The Kier molecular flexibility index (Phi) is 16.2. The van der Waals surface area contributed by atoms with Gasteiger partial charge in [-0.3, -0.25) is 0 Å². The van der Waals surface area contributed by atoms with Crippen LogP contribution in [0.5, 0.6) is 23.0 Å². The van der Waals surface area contributed by atoms with E-state index in [2.05, 4.69) is 256 Å². The Balaban J connectivity index is 0.782. The molecule has 82 heavy (non-hydrogen) atoms. The minimum Gasteiger partial charge on any atom is -0.494 e. The van der Waals surface area contributed by atoms with Crippen molar-refractivity contribution in [3.8, 4) is 23.0 Å². The predicted molar refractivity (Wildman–Crippen MR) is 345 cm³/mol. The van der Waals surface area contributed by atoms with Crippen LogP contribution in [0.15, 0.2) is 218 Å². The molecule has 0 unspecified atom stereocenters. The summed E-state index contributed by atoms with van der Waals surface area (Å²) in [6.45, 7) is 11.4. The minimum atomic E-state index is 0.632. The van der Waals surface area contributed by atoms with E-state index >= 15 is 0 Å². The Morgan fingerprint density at radius 2 is 0.610 bits per heavy atom. The van der Waals surface area contributed by atoms with Crippen LogP contribution in [0.1, 0.15) is 74.6 Å². The number of benzene rings is 12. The lowest BCUT2D eigenvalue weighted by Gasteiger charge is -2.29. The van der Waals surface area contributed by atoms with Gasteiger partial charge in [0.15, 0.2) is 0 Å². The molecule has 0 aromatic heterocycles. The molecule has 0 bridgehead atoms. The lowest BCUT2D eigenvalue weighted by Crippen LogP contribution is -2.11. The summed E-state index contributed by atoms with van der Waals surface area (Å²) in [6.07, 6.45) is 8.11. The lowest BCUT2D eigenvalue weighted by atomic mass is 9.91. The van der Waals surface area contributed by atoms with Gasteiger partial charge in [0.2, 0.25) is 0 Å². The first kappa shape index (κ1) is 53.6. The summed E-state index contributed by atoms with van der Waals surface area (Å²) < 4.78 is 24.7. The van der Waals surface area contributed by atoms with Crippen molar-refractivity contribution in [1.29, 1.82) is 0 Å². The minimum absolute atomic E-state index is 0.632. The van der Waals surface area contributed by atoms with E-state index in [1.54, 1.807) is 0 Å². The SMILES string of the molecule is CCCCOc1ccc2cc(CCCOc3ccc(N(c4ccc(C)cc4)c4ccc5ccc6c(N(c7ccc(C)cc7)c7ccc(OCCCc8ccc9cc(OCCCC)ccc9c8)cc7)ccc7ccc4c5c76)cc3)ccc2c1. The summed E-state index contributed by atoms with van der Waals surface area (Å²) in [7, 11) is 0. The molecule has 0 spiro atoms. The molecule has 0 aliphatic heterocycles. The van der Waals surface area contributed by atoms with E-state index in [9.17, 15) is 0 Å². The predicted octanol–water partition coefficient (Wildman–Crippen LogP) is 20.8. The van der Waals surface area contributed by atoms with Crippen LogP contribution in [0.25, 0.3) is 53.9 Å². The fourth-order valence-corrected chi connectivity index (χ4v) is 11.4. The van der Waals surface area contributed by atoms with Crippen LogP contribution in [0.4, 0.5) is 34.1 Å². The average Bonchev–Trinajstić information content (AvgIpc) is 2.25. The standard InChI is InChI=1S/C76H72N2O4/c1-5-7-45-81-69-35-21-59-49-55(17-19-61(59)51-69)11-9-47-79-67-37-31-65(32-38-67)77(63-27-13-53(3)14-28-63)73-43-25-57-24-42-72-74(44-26-58-23-41-71(73)75(57)76(58)72)78(64-29-15-54(4)16-30-64)66-33-39-68(40-34-66)80-48-10-12-56-18-20-62-52-70(82-46-8-6-2)36-22-60(62)50-56/h13-44,49-52H,5-12,45-48H2,1-4H3. The van der Waals surface area contributed by atoms with E-state index in [0.29, 0.717) is 13.2 Å². The third-order valence-corrected chi connectivity index (χ3v) is 15.9. The molecule has 6 heteroatoms. The van der Waals surface area contributed by atoms with Gasteiger partial charge in [0.1, 0.15) is 23.0 Å². The van der Waals surface area contributed by atoms with E-state index in [-0.39, 0.29) is 0 Å². The summed E-state index contributed by atoms with van der Waals surface area (Å²) in [6, 6.07) is 79.6. The molecule has 0 heterocycles. The monoisotopic (exact) mass is 1080 g/mol. The van der Waals surface area contributed by atoms with Crippen molar-refractivity contribution < 1.29 is 18.9 Å². The van der Waals surface area contributed by atoms with Crippen LogP contribution < -0.4 is 28.7 Å². The van der Waals surface area contributed by atoms with Gasteiger partial charge in [0.05, 0.1) is 37.8 Å². The molecular weight excluding hydrogens is 1000 g/mol. The van der Waals surface area contributed by atoms with Crippen molar-refractivity contribution in [2.75, 3.05) is 36.2 Å². The maximum absolute atomic E-state index is 6.40. The fourth-order valence-electron chi connectivity index (χ4n) is 11.4. The van der Waals surface area contributed by atoms with Crippen LogP contribution in [0, 0.1) is 13.8 Å². The summed E-state index contributed by atoms with van der Waals surface area (Å²) in [4.78, 5) is 4.78. The van der Waals surface area contributed by atoms with Crippen LogP contribution in [0.3, 0.4) is 0 Å². The number of hydrogen-bond acceptors (Lipinski definition) is 6. The van der Waals surface area contributed by atoms with Crippen LogP contribution >= 0.6 is 0 Å². The molecule has 0 saturated carbocycles. The van der Waals surface area contributed by atoms with Gasteiger partial charge in [-0.15, -0.1) is 0 Å². The second-order valence-electron chi connectivity index (χ2n) is 21.9. The van der Waals surface area contributed by atoms with Crippen LogP contribution in [0.2, 0.25) is 0 Å². The van der Waals surface area contributed by atoms with Gasteiger partial charge < -0.3 is 28.7 Å². The summed E-state index contributed by atoms with van der Waals surface area (Å²) in [5.41, 5.74) is 11.6. The number of fused-ring (bicyclic) bond motifs is 2. The molecule has 0 aliphatic carbocycles. The molecule has 6 nitrogen and oxygen atoms in total. The van der Waals surface area contributed by atoms with Gasteiger partial charge in [0.25, 0.3) is 0 Å². The second-order valence-corrected chi connectivity index (χ2v) is 21.9. The molecule has 0 saturated heterocycles. The third-order valence-electron chi connectivity index (χ3n) is 15.9. The van der Waals surface area contributed by atoms with Gasteiger partial charge in [-0.1, -0.05) is 147 Å². The molecule has 0 N–H and O–H groups in total. The van der Waals surface area contributed by atoms with Gasteiger partial charge in [-0.2, -0.15) is 0 Å². The fraction of sp³-hybridized carbons (Fsp3) is 0.211. The summed E-state index contributed by atoms with van der Waals surface area (Å²) in [5, 5.41) is 12.2. The van der Waals surface area contributed by atoms with Crippen molar-refractivity contribution in [3.63, 3.8) is 0 Å². The number of hydrogen-bond donors (Lipinski definition) is 0. The Morgan fingerprint density at radius 1 is 0.293 bits per heavy atom. The number of nitrogens with zero attached hydrogens (tertiary/aromatic N) is 2. The van der Waals surface area contributed by atoms with Crippen LogP contribution in [-0.4, -0.2) is 26.4 Å². The largest absolute Gasteiger partial charge is 0.494 e. The zero-order chi connectivity index (χ0) is 55.8. The Labute approximate surface area is 483 Å². The average molecular weight is 1080 g/mol. The van der Waals surface area contributed by atoms with Gasteiger partial charge in [-0.25, -0.2) is 0 Å². The van der Waals surface area contributed by atoms with Gasteiger partial charge in [0, 0.05) is 33.5 Å². The first-order valence-corrected chi connectivity index (χ1v) is 29.6. The highest BCUT2D eigenvalue weighted by Crippen LogP contribution is 2.48. The maximum atomic E-state index is 6.40. The van der Waals surface area contributed by atoms with E-state index < -0.39 is 0 Å². The summed E-state index contributed by atoms with van der Waals surface area (Å²) in [5.74, 6) is 3.60. The molecule has 12 rings (SSSR count). The van der Waals surface area contributed by atoms with E-state index in [1.807, 2.05) is 0 Å². The van der Waals surface area contributed by atoms with E-state index in [1.165, 1.54) is 76.1 Å². The second kappa shape index (κ2) is 24.8. The lowest BCUT2D eigenvalue weighted by molar-refractivity contribution is 0.309. The molecule has 12 aromatic carbocycles. The molecule has 0 amide bonds. The Bertz CT molecular complexity index is 3830. The molecule has 12 aromatic rings. The highest BCUT2D eigenvalue weighted by atomic mass is 16.5. The van der Waals surface area contributed by atoms with Gasteiger partial charge in [-0.05, 0) is 216 Å². The third kappa shape index (κ3) is 11.9.